The van der Waals surface area contributed by atoms with Crippen molar-refractivity contribution in [1.29, 1.82) is 0 Å². The van der Waals surface area contributed by atoms with Crippen molar-refractivity contribution in [1.82, 2.24) is 4.72 Å². The van der Waals surface area contributed by atoms with Crippen LogP contribution in [0.1, 0.15) is 11.1 Å². The second kappa shape index (κ2) is 7.40. The van der Waals surface area contributed by atoms with E-state index < -0.39 is 10.0 Å². The molecule has 0 unspecified atom stereocenters. The summed E-state index contributed by atoms with van der Waals surface area (Å²) in [5, 5.41) is 0. The van der Waals surface area contributed by atoms with E-state index in [1.807, 2.05) is 24.3 Å². The Labute approximate surface area is 130 Å². The Bertz CT molecular complexity index is 728. The van der Waals surface area contributed by atoms with E-state index in [2.05, 4.69) is 4.72 Å². The minimum Gasteiger partial charge on any atom is -0.495 e. The first-order valence-electron chi connectivity index (χ1n) is 6.76. The first-order valence-corrected chi connectivity index (χ1v) is 8.24. The molecule has 0 aliphatic rings. The highest BCUT2D eigenvalue weighted by atomic mass is 32.2. The van der Waals surface area contributed by atoms with Crippen molar-refractivity contribution in [3.8, 4) is 5.75 Å². The van der Waals surface area contributed by atoms with E-state index in [1.165, 1.54) is 13.2 Å². The Kier molecular flexibility index (Phi) is 5.54. The van der Waals surface area contributed by atoms with Gasteiger partial charge in [0.1, 0.15) is 10.6 Å². The van der Waals surface area contributed by atoms with Gasteiger partial charge >= 0.3 is 0 Å². The molecule has 1 N–H and O–H groups in total. The quantitative estimate of drug-likeness (QED) is 0.850. The molecule has 0 heterocycles. The third-order valence-electron chi connectivity index (χ3n) is 3.13. The highest BCUT2D eigenvalue weighted by Gasteiger charge is 2.18. The average molecular weight is 321 g/mol. The SMILES string of the molecule is COCc1cccc(CNS(=O)(=O)c2ccccc2OC)c1. The van der Waals surface area contributed by atoms with Crippen LogP contribution in [0.25, 0.3) is 0 Å². The van der Waals surface area contributed by atoms with E-state index in [4.69, 9.17) is 9.47 Å². The Morgan fingerprint density at radius 3 is 2.45 bits per heavy atom. The summed E-state index contributed by atoms with van der Waals surface area (Å²) in [6.07, 6.45) is 0. The van der Waals surface area contributed by atoms with E-state index in [0.29, 0.717) is 12.4 Å². The van der Waals surface area contributed by atoms with Crippen molar-refractivity contribution in [2.75, 3.05) is 14.2 Å². The lowest BCUT2D eigenvalue weighted by atomic mass is 10.1. The summed E-state index contributed by atoms with van der Waals surface area (Å²) in [6.45, 7) is 0.699. The molecule has 0 aliphatic heterocycles. The second-order valence-corrected chi connectivity index (χ2v) is 6.46. The van der Waals surface area contributed by atoms with E-state index in [9.17, 15) is 8.42 Å². The van der Waals surface area contributed by atoms with Crippen LogP contribution in [0.2, 0.25) is 0 Å². The molecule has 6 heteroatoms. The number of benzene rings is 2. The lowest BCUT2D eigenvalue weighted by Gasteiger charge is -2.11. The molecule has 0 spiro atoms. The number of sulfonamides is 1. The van der Waals surface area contributed by atoms with Gasteiger partial charge in [0.15, 0.2) is 0 Å². The van der Waals surface area contributed by atoms with Gasteiger partial charge < -0.3 is 9.47 Å². The van der Waals surface area contributed by atoms with Crippen LogP contribution in [0.5, 0.6) is 5.75 Å². The zero-order valence-electron chi connectivity index (χ0n) is 12.6. The normalized spacial score (nSPS) is 11.4. The van der Waals surface area contributed by atoms with E-state index in [-0.39, 0.29) is 11.4 Å². The fourth-order valence-corrected chi connectivity index (χ4v) is 3.28. The monoisotopic (exact) mass is 321 g/mol. The maximum atomic E-state index is 12.4. The molecule has 0 saturated heterocycles. The van der Waals surface area contributed by atoms with E-state index >= 15 is 0 Å². The maximum absolute atomic E-state index is 12.4. The van der Waals surface area contributed by atoms with Crippen molar-refractivity contribution in [3.05, 3.63) is 59.7 Å². The van der Waals surface area contributed by atoms with Gasteiger partial charge in [0.2, 0.25) is 10.0 Å². The molecule has 0 saturated carbocycles. The van der Waals surface area contributed by atoms with Crippen LogP contribution in [0.3, 0.4) is 0 Å². The van der Waals surface area contributed by atoms with Crippen LogP contribution in [0.4, 0.5) is 0 Å². The number of rotatable bonds is 7. The lowest BCUT2D eigenvalue weighted by Crippen LogP contribution is -2.23. The van der Waals surface area contributed by atoms with E-state index in [1.54, 1.807) is 25.3 Å². The molecular weight excluding hydrogens is 302 g/mol. The minimum atomic E-state index is -3.63. The largest absolute Gasteiger partial charge is 0.495 e. The number of methoxy groups -OCH3 is 2. The summed E-state index contributed by atoms with van der Waals surface area (Å²) in [6, 6.07) is 14.1. The topological polar surface area (TPSA) is 64.6 Å². The molecule has 0 bridgehead atoms. The zero-order valence-corrected chi connectivity index (χ0v) is 13.4. The van der Waals surface area contributed by atoms with Crippen LogP contribution in [0.15, 0.2) is 53.4 Å². The van der Waals surface area contributed by atoms with Gasteiger partial charge in [-0.1, -0.05) is 36.4 Å². The fraction of sp³-hybridized carbons (Fsp3) is 0.250. The zero-order chi connectivity index (χ0) is 16.0. The third kappa shape index (κ3) is 4.07. The first kappa shape index (κ1) is 16.5. The number of hydrogen-bond acceptors (Lipinski definition) is 4. The van der Waals surface area contributed by atoms with Crippen LogP contribution < -0.4 is 9.46 Å². The third-order valence-corrected chi connectivity index (χ3v) is 4.57. The Morgan fingerprint density at radius 2 is 1.73 bits per heavy atom. The summed E-state index contributed by atoms with van der Waals surface area (Å²) in [7, 11) is -0.564. The van der Waals surface area contributed by atoms with Crippen molar-refractivity contribution in [2.45, 2.75) is 18.0 Å². The molecule has 0 amide bonds. The molecular formula is C16H19NO4S. The highest BCUT2D eigenvalue weighted by molar-refractivity contribution is 7.89. The van der Waals surface area contributed by atoms with Crippen LogP contribution >= 0.6 is 0 Å². The van der Waals surface area contributed by atoms with Crippen LogP contribution in [-0.2, 0) is 27.9 Å². The van der Waals surface area contributed by atoms with Gasteiger partial charge in [-0.05, 0) is 23.3 Å². The van der Waals surface area contributed by atoms with Crippen molar-refractivity contribution < 1.29 is 17.9 Å². The van der Waals surface area contributed by atoms with Crippen molar-refractivity contribution in [3.63, 3.8) is 0 Å². The smallest absolute Gasteiger partial charge is 0.244 e. The average Bonchev–Trinajstić information content (AvgIpc) is 2.54. The van der Waals surface area contributed by atoms with E-state index in [0.717, 1.165) is 11.1 Å². The van der Waals surface area contributed by atoms with Crippen molar-refractivity contribution >= 4 is 10.0 Å². The Morgan fingerprint density at radius 1 is 1.00 bits per heavy atom. The molecule has 2 aromatic rings. The van der Waals surface area contributed by atoms with Crippen LogP contribution in [0, 0.1) is 0 Å². The number of nitrogens with one attached hydrogen (secondary N) is 1. The number of para-hydroxylation sites is 1. The first-order chi connectivity index (χ1) is 10.6. The fourth-order valence-electron chi connectivity index (χ4n) is 2.09. The van der Waals surface area contributed by atoms with Gasteiger partial charge in [-0.15, -0.1) is 0 Å². The maximum Gasteiger partial charge on any atom is 0.244 e. The predicted octanol–water partition coefficient (Wildman–Crippen LogP) is 2.32. The second-order valence-electron chi connectivity index (χ2n) is 4.73. The molecule has 0 radical (unpaired) electrons. The molecule has 5 nitrogen and oxygen atoms in total. The highest BCUT2D eigenvalue weighted by Crippen LogP contribution is 2.22. The molecule has 0 atom stereocenters. The molecule has 2 aromatic carbocycles. The minimum absolute atomic E-state index is 0.130. The van der Waals surface area contributed by atoms with Gasteiger partial charge in [-0.25, -0.2) is 13.1 Å². The number of hydrogen-bond donors (Lipinski definition) is 1. The summed E-state index contributed by atoms with van der Waals surface area (Å²) in [5.74, 6) is 0.322. The lowest BCUT2D eigenvalue weighted by molar-refractivity contribution is 0.185. The summed E-state index contributed by atoms with van der Waals surface area (Å²) >= 11 is 0. The molecule has 2 rings (SSSR count). The number of ether oxygens (including phenoxy) is 2. The summed E-state index contributed by atoms with van der Waals surface area (Å²) in [5.41, 5.74) is 1.87. The molecule has 0 fully saturated rings. The summed E-state index contributed by atoms with van der Waals surface area (Å²) < 4.78 is 37.5. The Hall–Kier alpha value is -1.89. The van der Waals surface area contributed by atoms with Gasteiger partial charge in [0, 0.05) is 13.7 Å². The van der Waals surface area contributed by atoms with Crippen LogP contribution in [-0.4, -0.2) is 22.6 Å². The summed E-state index contributed by atoms with van der Waals surface area (Å²) in [4.78, 5) is 0.130. The van der Waals surface area contributed by atoms with Gasteiger partial charge in [-0.3, -0.25) is 0 Å². The van der Waals surface area contributed by atoms with Crippen molar-refractivity contribution in [2.24, 2.45) is 0 Å². The predicted molar refractivity (Wildman–Crippen MR) is 84.2 cm³/mol. The standard InChI is InChI=1S/C16H19NO4S/c1-20-12-14-7-5-6-13(10-14)11-17-22(18,19)16-9-4-3-8-15(16)21-2/h3-10,17H,11-12H2,1-2H3. The molecule has 118 valence electrons. The molecule has 0 aliphatic carbocycles. The molecule has 0 aromatic heterocycles. The van der Waals surface area contributed by atoms with Gasteiger partial charge in [0.05, 0.1) is 13.7 Å². The Balaban J connectivity index is 2.14. The molecule has 22 heavy (non-hydrogen) atoms. The van der Waals surface area contributed by atoms with Gasteiger partial charge in [0.25, 0.3) is 0 Å². The van der Waals surface area contributed by atoms with Gasteiger partial charge in [-0.2, -0.15) is 0 Å².